The summed E-state index contributed by atoms with van der Waals surface area (Å²) in [6, 6.07) is 8.66. The fraction of sp³-hybridized carbons (Fsp3) is 0.694. The summed E-state index contributed by atoms with van der Waals surface area (Å²) in [5.74, 6) is 7.01. The predicted molar refractivity (Wildman–Crippen MR) is 176 cm³/mol. The second kappa shape index (κ2) is 13.0. The predicted octanol–water partition coefficient (Wildman–Crippen LogP) is 9.73. The molecule has 4 N–H and O–H groups in total. The molecule has 0 spiro atoms. The summed E-state index contributed by atoms with van der Waals surface area (Å²) in [5, 5.41) is 1.83. The summed E-state index contributed by atoms with van der Waals surface area (Å²) in [6.07, 6.45) is 31.7. The number of hydrogen-bond donors (Lipinski definition) is 2. The van der Waals surface area contributed by atoms with Gasteiger partial charge in [0, 0.05) is 7.92 Å². The van der Waals surface area contributed by atoms with Gasteiger partial charge in [-0.1, -0.05) is 31.5 Å². The van der Waals surface area contributed by atoms with Crippen LogP contribution < -0.4 is 11.5 Å². The number of anilines is 1. The number of benzene rings is 1. The third-order valence-electron chi connectivity index (χ3n) is 12.5. The van der Waals surface area contributed by atoms with Crippen LogP contribution in [0, 0.1) is 41.5 Å². The minimum absolute atomic E-state index is 0.196. The van der Waals surface area contributed by atoms with Gasteiger partial charge in [0.15, 0.2) is 0 Å². The molecule has 5 heteroatoms. The van der Waals surface area contributed by atoms with Crippen LogP contribution >= 0.6 is 17.5 Å². The molecule has 0 amide bonds. The number of rotatable bonds is 6. The van der Waals surface area contributed by atoms with E-state index in [2.05, 4.69) is 34.6 Å². The van der Waals surface area contributed by atoms with Crippen LogP contribution in [0.4, 0.5) is 5.69 Å². The van der Waals surface area contributed by atoms with Crippen molar-refractivity contribution < 1.29 is 18.2 Å². The number of allylic oxidation sites excluding steroid dienone is 2. The van der Waals surface area contributed by atoms with Gasteiger partial charge in [0.1, 0.15) is 0 Å². The molecule has 8 saturated carbocycles. The van der Waals surface area contributed by atoms with Crippen molar-refractivity contribution in [1.82, 2.24) is 0 Å². The zero-order valence-electron chi connectivity index (χ0n) is 25.2. The molecule has 0 radical (unpaired) electrons. The molecule has 41 heavy (non-hydrogen) atoms. The van der Waals surface area contributed by atoms with E-state index in [0.717, 1.165) is 39.6 Å². The molecular formula is C36H53ClN2PPd+. The van der Waals surface area contributed by atoms with Crippen molar-refractivity contribution in [2.45, 2.75) is 114 Å². The number of unbranched alkanes of at least 4 members (excludes halogenated alkanes) is 1. The Labute approximate surface area is 266 Å². The Hall–Kier alpha value is -0.288. The fourth-order valence-electron chi connectivity index (χ4n) is 12.0. The van der Waals surface area contributed by atoms with Gasteiger partial charge in [-0.15, -0.1) is 29.8 Å². The van der Waals surface area contributed by atoms with E-state index in [4.69, 9.17) is 11.5 Å². The first-order valence-electron chi connectivity index (χ1n) is 16.8. The van der Waals surface area contributed by atoms with E-state index in [1.165, 1.54) is 41.9 Å². The van der Waals surface area contributed by atoms with Gasteiger partial charge < -0.3 is 11.5 Å². The maximum atomic E-state index is 5.92. The molecule has 8 fully saturated rings. The van der Waals surface area contributed by atoms with Gasteiger partial charge in [-0.25, -0.2) is 0 Å². The number of nitrogen functional groups attached to an aromatic ring is 1. The van der Waals surface area contributed by atoms with Crippen molar-refractivity contribution in [1.29, 1.82) is 0 Å². The third kappa shape index (κ3) is 6.17. The van der Waals surface area contributed by atoms with E-state index < -0.39 is 0 Å². The summed E-state index contributed by atoms with van der Waals surface area (Å²) >= 11 is 2.22. The summed E-state index contributed by atoms with van der Waals surface area (Å²) in [4.78, 5) is 0. The average Bonchev–Trinajstić information content (AvgIpc) is 2.94. The topological polar surface area (TPSA) is 52.0 Å². The molecule has 8 bridgehead atoms. The minimum atomic E-state index is -0.196. The second-order valence-electron chi connectivity index (χ2n) is 15.3. The van der Waals surface area contributed by atoms with E-state index in [1.54, 1.807) is 89.6 Å². The third-order valence-corrected chi connectivity index (χ3v) is 17.1. The van der Waals surface area contributed by atoms with Gasteiger partial charge in [0.05, 0.1) is 16.5 Å². The van der Waals surface area contributed by atoms with Crippen LogP contribution in [0.15, 0.2) is 42.5 Å². The Morgan fingerprint density at radius 3 is 1.71 bits per heavy atom. The molecule has 228 valence electrons. The van der Waals surface area contributed by atoms with Crippen LogP contribution in [0.1, 0.15) is 109 Å². The van der Waals surface area contributed by atoms with Gasteiger partial charge in [-0.05, 0) is 131 Å². The molecule has 0 heterocycles. The van der Waals surface area contributed by atoms with Crippen molar-refractivity contribution in [3.05, 3.63) is 54.1 Å². The number of para-hydroxylation sites is 1. The SMILES string of the molecule is CCCC[PH+](C12CC3CC(CC(C3)C1)C2)C12CC3CC(CC(C3)C1)C2.Nc1ccccc1C1=CC=CC[C-]1N.[Cl][Pd+]. The Balaban J connectivity index is 0.000000161. The Bertz CT molecular complexity index is 1000. The first-order chi connectivity index (χ1) is 20.0. The van der Waals surface area contributed by atoms with Crippen LogP contribution in [-0.2, 0) is 18.2 Å². The summed E-state index contributed by atoms with van der Waals surface area (Å²) < 4.78 is 0. The van der Waals surface area contributed by atoms with Gasteiger partial charge in [-0.3, -0.25) is 0 Å². The molecule has 1 aromatic carbocycles. The Kier molecular flexibility index (Phi) is 9.73. The molecule has 0 aliphatic heterocycles. The zero-order chi connectivity index (χ0) is 28.6. The van der Waals surface area contributed by atoms with E-state index >= 15 is 0 Å². The van der Waals surface area contributed by atoms with Gasteiger partial charge >= 0.3 is 27.7 Å². The number of nitrogens with two attached hydrogens (primary N) is 2. The normalized spacial score (nSPS) is 39.9. The summed E-state index contributed by atoms with van der Waals surface area (Å²) in [5.41, 5.74) is 14.6. The van der Waals surface area contributed by atoms with Gasteiger partial charge in [0.25, 0.3) is 0 Å². The molecule has 1 aromatic rings. The van der Waals surface area contributed by atoms with E-state index in [1.807, 2.05) is 42.5 Å². The van der Waals surface area contributed by atoms with Crippen LogP contribution in [0.25, 0.3) is 5.57 Å². The molecule has 0 atom stereocenters. The number of halogens is 1. The summed E-state index contributed by atoms with van der Waals surface area (Å²) in [6.45, 7) is 2.46. The van der Waals surface area contributed by atoms with Crippen LogP contribution in [0.2, 0.25) is 0 Å². The first-order valence-corrected chi connectivity index (χ1v) is 20.5. The van der Waals surface area contributed by atoms with E-state index in [-0.39, 0.29) is 7.92 Å². The number of hydrogen-bond acceptors (Lipinski definition) is 2. The summed E-state index contributed by atoms with van der Waals surface area (Å²) in [7, 11) is 4.29. The molecule has 9 aliphatic carbocycles. The van der Waals surface area contributed by atoms with E-state index in [0.29, 0.717) is 0 Å². The van der Waals surface area contributed by atoms with Crippen molar-refractivity contribution in [2.24, 2.45) is 41.2 Å². The average molecular weight is 687 g/mol. The molecule has 0 unspecified atom stereocenters. The molecule has 2 nitrogen and oxygen atoms in total. The molecular weight excluding hydrogens is 633 g/mol. The molecule has 0 saturated heterocycles. The van der Waals surface area contributed by atoms with Crippen LogP contribution in [0.5, 0.6) is 0 Å². The maximum absolute atomic E-state index is 5.92. The fourth-order valence-corrected chi connectivity index (χ4v) is 18.1. The molecule has 0 aromatic heterocycles. The standard InChI is InChI=1S/C24H39P.C12H13N2.ClH.Pd/c1-2-3-4-25(23-11-17-5-18(12-23)7-19(6-17)13-23)24-14-20-8-21(15-24)10-22(9-20)16-24;13-11-7-3-1-5-9(11)10-6-2-4-8-12(10)14;;/h17-22H,2-16H2,1H3;1-7H,8,13-14H2;1H;/q;-1;;+2. The van der Waals surface area contributed by atoms with Gasteiger partial charge in [-0.2, -0.15) is 11.6 Å². The van der Waals surface area contributed by atoms with Crippen molar-refractivity contribution >= 4 is 28.7 Å². The quantitative estimate of drug-likeness (QED) is 0.136. The van der Waals surface area contributed by atoms with E-state index in [9.17, 15) is 0 Å². The van der Waals surface area contributed by atoms with Crippen LogP contribution in [0.3, 0.4) is 0 Å². The monoisotopic (exact) mass is 685 g/mol. The first kappa shape index (κ1) is 30.7. The van der Waals surface area contributed by atoms with Gasteiger partial charge in [0.2, 0.25) is 0 Å². The molecule has 9 aliphatic rings. The van der Waals surface area contributed by atoms with Crippen molar-refractivity contribution in [2.75, 3.05) is 11.9 Å². The second-order valence-corrected chi connectivity index (χ2v) is 18.9. The molecule has 10 rings (SSSR count). The Morgan fingerprint density at radius 2 is 1.29 bits per heavy atom. The Morgan fingerprint density at radius 1 is 0.829 bits per heavy atom. The van der Waals surface area contributed by atoms with Crippen LogP contribution in [-0.4, -0.2) is 16.5 Å². The van der Waals surface area contributed by atoms with Crippen molar-refractivity contribution in [3.63, 3.8) is 0 Å². The van der Waals surface area contributed by atoms with Crippen molar-refractivity contribution in [3.8, 4) is 0 Å². The zero-order valence-corrected chi connectivity index (χ0v) is 28.5.